The number of benzene rings is 3. The van der Waals surface area contributed by atoms with Crippen LogP contribution in [-0.4, -0.2) is 48.2 Å². The van der Waals surface area contributed by atoms with Crippen LogP contribution in [0.2, 0.25) is 0 Å². The number of aryl methyl sites for hydroxylation is 1. The molecular weight excluding hydrogens is 475 g/mol. The highest BCUT2D eigenvalue weighted by Gasteiger charge is 2.30. The Balaban J connectivity index is 1.78. The molecule has 186 valence electrons. The molecule has 0 spiro atoms. The van der Waals surface area contributed by atoms with Crippen molar-refractivity contribution in [1.82, 2.24) is 5.32 Å². The molecule has 0 unspecified atom stereocenters. The number of nitrogens with zero attached hydrogens (tertiary/aromatic N) is 1. The quantitative estimate of drug-likeness (QED) is 0.403. The van der Waals surface area contributed by atoms with Crippen molar-refractivity contribution in [2.45, 2.75) is 11.8 Å². The molecule has 0 radical (unpaired) electrons. The maximum Gasteiger partial charge on any atom is 0.265 e. The summed E-state index contributed by atoms with van der Waals surface area (Å²) in [5.74, 6) is -0.249. The number of anilines is 1. The lowest BCUT2D eigenvalue weighted by atomic mass is 10.2. The molecule has 0 aliphatic carbocycles. The maximum absolute atomic E-state index is 14.6. The van der Waals surface area contributed by atoms with Crippen LogP contribution in [0.1, 0.15) is 5.56 Å². The predicted octanol–water partition coefficient (Wildman–Crippen LogP) is 3.54. The van der Waals surface area contributed by atoms with Gasteiger partial charge in [-0.1, -0.05) is 29.8 Å². The first-order valence-corrected chi connectivity index (χ1v) is 12.2. The van der Waals surface area contributed by atoms with E-state index in [1.54, 1.807) is 0 Å². The monoisotopic (exact) mass is 502 g/mol. The van der Waals surface area contributed by atoms with Crippen molar-refractivity contribution in [1.29, 1.82) is 0 Å². The molecule has 10 heteroatoms. The molecule has 0 aliphatic rings. The third-order valence-electron chi connectivity index (χ3n) is 5.07. The average Bonchev–Trinajstić information content (AvgIpc) is 2.86. The fraction of sp³-hybridized carbons (Fsp3) is 0.240. The van der Waals surface area contributed by atoms with Gasteiger partial charge in [0.05, 0.1) is 31.3 Å². The molecule has 0 aliphatic heterocycles. The number of ether oxygens (including phenoxy) is 3. The van der Waals surface area contributed by atoms with E-state index in [0.717, 1.165) is 15.9 Å². The van der Waals surface area contributed by atoms with Crippen molar-refractivity contribution in [3.05, 3.63) is 78.1 Å². The van der Waals surface area contributed by atoms with E-state index in [1.165, 1.54) is 50.6 Å². The van der Waals surface area contributed by atoms with E-state index in [1.807, 2.05) is 31.2 Å². The summed E-state index contributed by atoms with van der Waals surface area (Å²) in [6.45, 7) is 1.63. The second kappa shape index (κ2) is 11.6. The van der Waals surface area contributed by atoms with Crippen LogP contribution in [0.15, 0.2) is 71.6 Å². The predicted molar refractivity (Wildman–Crippen MR) is 130 cm³/mol. The van der Waals surface area contributed by atoms with Crippen LogP contribution in [0, 0.1) is 12.7 Å². The second-order valence-corrected chi connectivity index (χ2v) is 9.35. The van der Waals surface area contributed by atoms with Gasteiger partial charge in [-0.2, -0.15) is 0 Å². The lowest BCUT2D eigenvalue weighted by Crippen LogP contribution is -2.42. The van der Waals surface area contributed by atoms with Crippen LogP contribution in [0.5, 0.6) is 17.2 Å². The number of nitrogens with one attached hydrogen (secondary N) is 1. The third kappa shape index (κ3) is 6.42. The molecule has 0 aromatic heterocycles. The summed E-state index contributed by atoms with van der Waals surface area (Å²) in [6, 6.07) is 16.8. The van der Waals surface area contributed by atoms with Gasteiger partial charge in [-0.05, 0) is 43.3 Å². The smallest absolute Gasteiger partial charge is 0.265 e. The molecule has 0 saturated heterocycles. The zero-order valence-corrected chi connectivity index (χ0v) is 20.5. The normalized spacial score (nSPS) is 11.0. The second-order valence-electron chi connectivity index (χ2n) is 7.49. The molecule has 0 fully saturated rings. The highest BCUT2D eigenvalue weighted by molar-refractivity contribution is 7.92. The Morgan fingerprint density at radius 2 is 1.66 bits per heavy atom. The average molecular weight is 503 g/mol. The van der Waals surface area contributed by atoms with E-state index < -0.39 is 28.3 Å². The van der Waals surface area contributed by atoms with Gasteiger partial charge in [0.2, 0.25) is 5.91 Å². The van der Waals surface area contributed by atoms with E-state index in [4.69, 9.17) is 14.2 Å². The fourth-order valence-corrected chi connectivity index (χ4v) is 4.68. The number of sulfonamides is 1. The summed E-state index contributed by atoms with van der Waals surface area (Å²) in [4.78, 5) is 12.5. The molecule has 8 nitrogen and oxygen atoms in total. The third-order valence-corrected chi connectivity index (χ3v) is 6.82. The summed E-state index contributed by atoms with van der Waals surface area (Å²) >= 11 is 0. The largest absolute Gasteiger partial charge is 0.493 e. The molecule has 0 bridgehead atoms. The van der Waals surface area contributed by atoms with Crippen molar-refractivity contribution in [3.63, 3.8) is 0 Å². The first-order chi connectivity index (χ1) is 16.8. The molecule has 3 rings (SSSR count). The minimum Gasteiger partial charge on any atom is -0.493 e. The van der Waals surface area contributed by atoms with E-state index in [-0.39, 0.29) is 29.5 Å². The van der Waals surface area contributed by atoms with E-state index >= 15 is 0 Å². The minimum absolute atomic E-state index is 0.133. The van der Waals surface area contributed by atoms with Gasteiger partial charge in [-0.3, -0.25) is 9.10 Å². The molecule has 1 N–H and O–H groups in total. The summed E-state index contributed by atoms with van der Waals surface area (Å²) in [5, 5.41) is 2.61. The van der Waals surface area contributed by atoms with Crippen LogP contribution in [-0.2, 0) is 14.8 Å². The number of carbonyl (C=O) groups excluding carboxylic acids is 1. The van der Waals surface area contributed by atoms with Gasteiger partial charge in [-0.25, -0.2) is 12.8 Å². The number of hydrogen-bond donors (Lipinski definition) is 1. The summed E-state index contributed by atoms with van der Waals surface area (Å²) < 4.78 is 58.2. The SMILES string of the molecule is COc1ccc(S(=O)(=O)N(CC(=O)NCCOc2ccc(C)cc2)c2ccccc2F)cc1OC. The first-order valence-electron chi connectivity index (χ1n) is 10.7. The number of methoxy groups -OCH3 is 2. The Morgan fingerprint density at radius 3 is 2.31 bits per heavy atom. The highest BCUT2D eigenvalue weighted by Crippen LogP contribution is 2.32. The fourth-order valence-electron chi connectivity index (χ4n) is 3.24. The van der Waals surface area contributed by atoms with Crippen molar-refractivity contribution < 1.29 is 31.8 Å². The summed E-state index contributed by atoms with van der Waals surface area (Å²) in [6.07, 6.45) is 0. The number of carbonyl (C=O) groups is 1. The van der Waals surface area contributed by atoms with Crippen LogP contribution in [0.4, 0.5) is 10.1 Å². The van der Waals surface area contributed by atoms with Gasteiger partial charge in [0.25, 0.3) is 10.0 Å². The number of amides is 1. The van der Waals surface area contributed by atoms with Crippen molar-refractivity contribution >= 4 is 21.6 Å². The number of rotatable bonds is 11. The van der Waals surface area contributed by atoms with E-state index in [0.29, 0.717) is 11.5 Å². The number of halogens is 1. The van der Waals surface area contributed by atoms with Crippen LogP contribution < -0.4 is 23.8 Å². The molecule has 0 atom stereocenters. The van der Waals surface area contributed by atoms with Crippen LogP contribution >= 0.6 is 0 Å². The molecule has 35 heavy (non-hydrogen) atoms. The number of hydrogen-bond acceptors (Lipinski definition) is 6. The zero-order chi connectivity index (χ0) is 25.4. The van der Waals surface area contributed by atoms with Crippen molar-refractivity contribution in [3.8, 4) is 17.2 Å². The van der Waals surface area contributed by atoms with Gasteiger partial charge in [0.15, 0.2) is 11.5 Å². The number of para-hydroxylation sites is 1. The molecule has 0 saturated carbocycles. The Hall–Kier alpha value is -3.79. The molecular formula is C25H27FN2O6S. The first kappa shape index (κ1) is 25.8. The standard InChI is InChI=1S/C25H27FN2O6S/c1-18-8-10-19(11-9-18)34-15-14-27-25(29)17-28(22-7-5-4-6-21(22)26)35(30,31)20-12-13-23(32-2)24(16-20)33-3/h4-13,16H,14-15,17H2,1-3H3,(H,27,29). The molecule has 3 aromatic rings. The lowest BCUT2D eigenvalue weighted by Gasteiger charge is -2.25. The molecule has 1 amide bonds. The van der Waals surface area contributed by atoms with Gasteiger partial charge < -0.3 is 19.5 Å². The van der Waals surface area contributed by atoms with Crippen molar-refractivity contribution in [2.75, 3.05) is 38.2 Å². The molecule has 3 aromatic carbocycles. The Bertz CT molecular complexity index is 1270. The van der Waals surface area contributed by atoms with Gasteiger partial charge in [-0.15, -0.1) is 0 Å². The van der Waals surface area contributed by atoms with Crippen LogP contribution in [0.25, 0.3) is 0 Å². The van der Waals surface area contributed by atoms with E-state index in [9.17, 15) is 17.6 Å². The Kier molecular flexibility index (Phi) is 8.53. The maximum atomic E-state index is 14.6. The topological polar surface area (TPSA) is 94.2 Å². The van der Waals surface area contributed by atoms with E-state index in [2.05, 4.69) is 5.32 Å². The summed E-state index contributed by atoms with van der Waals surface area (Å²) in [7, 11) is -1.55. The minimum atomic E-state index is -4.34. The molecule has 0 heterocycles. The Morgan fingerprint density at radius 1 is 0.971 bits per heavy atom. The van der Waals surface area contributed by atoms with Crippen molar-refractivity contribution in [2.24, 2.45) is 0 Å². The lowest BCUT2D eigenvalue weighted by molar-refractivity contribution is -0.119. The highest BCUT2D eigenvalue weighted by atomic mass is 32.2. The summed E-state index contributed by atoms with van der Waals surface area (Å²) in [5.41, 5.74) is 0.836. The zero-order valence-electron chi connectivity index (χ0n) is 19.7. The van der Waals surface area contributed by atoms with Gasteiger partial charge >= 0.3 is 0 Å². The van der Waals surface area contributed by atoms with Crippen LogP contribution in [0.3, 0.4) is 0 Å². The Labute approximate surface area is 204 Å². The van der Waals surface area contributed by atoms with Gasteiger partial charge in [0.1, 0.15) is 24.7 Å². The van der Waals surface area contributed by atoms with Gasteiger partial charge in [0, 0.05) is 6.07 Å².